The van der Waals surface area contributed by atoms with Crippen LogP contribution in [-0.4, -0.2) is 34.2 Å². The molecule has 0 saturated heterocycles. The first-order valence-electron chi connectivity index (χ1n) is 8.74. The van der Waals surface area contributed by atoms with Gasteiger partial charge in [-0.2, -0.15) is 0 Å². The van der Waals surface area contributed by atoms with E-state index in [1.807, 2.05) is 41.8 Å². The number of carbonyl (C=O) groups is 1. The summed E-state index contributed by atoms with van der Waals surface area (Å²) in [5.41, 5.74) is 4.87. The molecule has 26 heavy (non-hydrogen) atoms. The van der Waals surface area contributed by atoms with Gasteiger partial charge in [-0.1, -0.05) is 6.07 Å². The van der Waals surface area contributed by atoms with Crippen LogP contribution in [0.1, 0.15) is 23.4 Å². The van der Waals surface area contributed by atoms with Crippen molar-refractivity contribution in [1.29, 1.82) is 0 Å². The average molecular weight is 352 g/mol. The Bertz CT molecular complexity index is 917. The van der Waals surface area contributed by atoms with Crippen LogP contribution in [0.3, 0.4) is 0 Å². The molecule has 1 amide bonds. The van der Waals surface area contributed by atoms with E-state index in [1.54, 1.807) is 13.3 Å². The van der Waals surface area contributed by atoms with Gasteiger partial charge in [0.1, 0.15) is 11.3 Å². The number of imidazole rings is 1. The Morgan fingerprint density at radius 2 is 2.08 bits per heavy atom. The number of rotatable bonds is 7. The lowest BCUT2D eigenvalue weighted by molar-refractivity contribution is -0.116. The molecule has 3 rings (SSSR count). The monoisotopic (exact) mass is 352 g/mol. The van der Waals surface area contributed by atoms with E-state index >= 15 is 0 Å². The van der Waals surface area contributed by atoms with Crippen molar-refractivity contribution in [2.75, 3.05) is 19.0 Å². The van der Waals surface area contributed by atoms with Gasteiger partial charge >= 0.3 is 0 Å². The highest BCUT2D eigenvalue weighted by molar-refractivity contribution is 5.91. The van der Waals surface area contributed by atoms with Crippen molar-refractivity contribution in [2.45, 2.75) is 33.2 Å². The van der Waals surface area contributed by atoms with Gasteiger partial charge in [0.15, 0.2) is 5.65 Å². The number of hydrogen-bond acceptors (Lipinski definition) is 4. The molecule has 0 atom stereocenters. The number of hydrogen-bond donors (Lipinski definition) is 1. The van der Waals surface area contributed by atoms with Gasteiger partial charge in [-0.15, -0.1) is 0 Å². The van der Waals surface area contributed by atoms with Crippen LogP contribution in [0.15, 0.2) is 36.5 Å². The molecule has 0 fully saturated rings. The zero-order chi connectivity index (χ0) is 18.5. The van der Waals surface area contributed by atoms with Crippen LogP contribution in [0, 0.1) is 13.8 Å². The van der Waals surface area contributed by atoms with Crippen molar-refractivity contribution < 1.29 is 9.53 Å². The third-order valence-electron chi connectivity index (χ3n) is 4.47. The van der Waals surface area contributed by atoms with Gasteiger partial charge in [0.05, 0.1) is 6.61 Å². The molecular weight excluding hydrogens is 328 g/mol. The average Bonchev–Trinajstić information content (AvgIpc) is 2.99. The largest absolute Gasteiger partial charge is 0.383 e. The van der Waals surface area contributed by atoms with Gasteiger partial charge in [-0.05, 0) is 49.2 Å². The Hall–Kier alpha value is -2.73. The van der Waals surface area contributed by atoms with Crippen molar-refractivity contribution in [1.82, 2.24) is 14.5 Å². The summed E-state index contributed by atoms with van der Waals surface area (Å²) in [6, 6.07) is 9.74. The molecule has 0 aliphatic heterocycles. The summed E-state index contributed by atoms with van der Waals surface area (Å²) in [5, 5.41) is 2.96. The van der Waals surface area contributed by atoms with Crippen LogP contribution in [0.5, 0.6) is 0 Å². The van der Waals surface area contributed by atoms with Crippen molar-refractivity contribution in [2.24, 2.45) is 0 Å². The summed E-state index contributed by atoms with van der Waals surface area (Å²) >= 11 is 0. The molecule has 2 heterocycles. The zero-order valence-corrected chi connectivity index (χ0v) is 15.5. The van der Waals surface area contributed by atoms with E-state index in [9.17, 15) is 4.79 Å². The molecule has 0 bridgehead atoms. The molecule has 1 N–H and O–H groups in total. The molecule has 0 radical (unpaired) electrons. The molecule has 0 unspecified atom stereocenters. The predicted octanol–water partition coefficient (Wildman–Crippen LogP) is 3.27. The molecule has 136 valence electrons. The van der Waals surface area contributed by atoms with Crippen molar-refractivity contribution >= 4 is 22.8 Å². The Balaban J connectivity index is 1.70. The second-order valence-electron chi connectivity index (χ2n) is 6.37. The second kappa shape index (κ2) is 8.10. The number of aromatic nitrogens is 3. The standard InChI is InChI=1S/C20H24N4O2/c1-14-6-7-16(13-15(14)2)22-19(25)9-8-18-23-17-5-4-10-21-20(17)24(18)11-12-26-3/h4-7,10,13H,8-9,11-12H2,1-3H3,(H,22,25). The molecular formula is C20H24N4O2. The van der Waals surface area contributed by atoms with Gasteiger partial charge in [-0.25, -0.2) is 9.97 Å². The van der Waals surface area contributed by atoms with E-state index in [1.165, 1.54) is 5.56 Å². The fraction of sp³-hybridized carbons (Fsp3) is 0.350. The SMILES string of the molecule is COCCn1c(CCC(=O)Nc2ccc(C)c(C)c2)nc2cccnc21. The van der Waals surface area contributed by atoms with Crippen LogP contribution in [-0.2, 0) is 22.5 Å². The van der Waals surface area contributed by atoms with Crippen LogP contribution >= 0.6 is 0 Å². The molecule has 3 aromatic rings. The Morgan fingerprint density at radius 3 is 2.85 bits per heavy atom. The molecule has 2 aromatic heterocycles. The predicted molar refractivity (Wildman–Crippen MR) is 102 cm³/mol. The maximum Gasteiger partial charge on any atom is 0.224 e. The van der Waals surface area contributed by atoms with E-state index in [2.05, 4.69) is 22.2 Å². The summed E-state index contributed by atoms with van der Waals surface area (Å²) in [6.45, 7) is 5.33. The zero-order valence-electron chi connectivity index (χ0n) is 15.5. The highest BCUT2D eigenvalue weighted by atomic mass is 16.5. The minimum atomic E-state index is -0.0217. The van der Waals surface area contributed by atoms with Gasteiger partial charge in [0.25, 0.3) is 0 Å². The van der Waals surface area contributed by atoms with Crippen molar-refractivity contribution in [3.8, 4) is 0 Å². The fourth-order valence-electron chi connectivity index (χ4n) is 2.88. The van der Waals surface area contributed by atoms with E-state index in [4.69, 9.17) is 4.74 Å². The van der Waals surface area contributed by atoms with E-state index in [0.29, 0.717) is 26.0 Å². The lowest BCUT2D eigenvalue weighted by Gasteiger charge is -2.09. The van der Waals surface area contributed by atoms with E-state index in [-0.39, 0.29) is 5.91 Å². The molecule has 0 aliphatic carbocycles. The molecule has 1 aromatic carbocycles. The minimum absolute atomic E-state index is 0.0217. The molecule has 0 spiro atoms. The van der Waals surface area contributed by atoms with Crippen molar-refractivity contribution in [3.63, 3.8) is 0 Å². The summed E-state index contributed by atoms with van der Waals surface area (Å²) < 4.78 is 7.22. The normalized spacial score (nSPS) is 11.0. The first-order chi connectivity index (χ1) is 12.6. The van der Waals surface area contributed by atoms with Gasteiger partial charge in [0, 0.05) is 38.4 Å². The van der Waals surface area contributed by atoms with E-state index in [0.717, 1.165) is 28.2 Å². The maximum absolute atomic E-state index is 12.3. The smallest absolute Gasteiger partial charge is 0.224 e. The Kier molecular flexibility index (Phi) is 5.63. The summed E-state index contributed by atoms with van der Waals surface area (Å²) in [5.74, 6) is 0.831. The third kappa shape index (κ3) is 4.08. The number of amides is 1. The molecule has 6 heteroatoms. The highest BCUT2D eigenvalue weighted by Gasteiger charge is 2.13. The third-order valence-corrected chi connectivity index (χ3v) is 4.47. The fourth-order valence-corrected chi connectivity index (χ4v) is 2.88. The second-order valence-corrected chi connectivity index (χ2v) is 6.37. The number of anilines is 1. The lowest BCUT2D eigenvalue weighted by Crippen LogP contribution is -2.15. The van der Waals surface area contributed by atoms with Crippen LogP contribution in [0.2, 0.25) is 0 Å². The molecule has 6 nitrogen and oxygen atoms in total. The first kappa shape index (κ1) is 18.1. The topological polar surface area (TPSA) is 69.0 Å². The maximum atomic E-state index is 12.3. The molecule has 0 aliphatic rings. The summed E-state index contributed by atoms with van der Waals surface area (Å²) in [7, 11) is 1.67. The van der Waals surface area contributed by atoms with E-state index < -0.39 is 0 Å². The number of ether oxygens (including phenoxy) is 1. The van der Waals surface area contributed by atoms with Crippen LogP contribution in [0.4, 0.5) is 5.69 Å². The summed E-state index contributed by atoms with van der Waals surface area (Å²) in [6.07, 6.45) is 2.67. The van der Waals surface area contributed by atoms with Crippen molar-refractivity contribution in [3.05, 3.63) is 53.5 Å². The van der Waals surface area contributed by atoms with Gasteiger partial charge in [-0.3, -0.25) is 4.79 Å². The number of nitrogens with one attached hydrogen (secondary N) is 1. The number of pyridine rings is 1. The van der Waals surface area contributed by atoms with Crippen LogP contribution < -0.4 is 5.32 Å². The van der Waals surface area contributed by atoms with Crippen LogP contribution in [0.25, 0.3) is 11.2 Å². The quantitative estimate of drug-likeness (QED) is 0.708. The molecule has 0 saturated carbocycles. The Labute approximate surface area is 153 Å². The lowest BCUT2D eigenvalue weighted by atomic mass is 10.1. The number of carbonyl (C=O) groups excluding carboxylic acids is 1. The number of aryl methyl sites for hydroxylation is 3. The minimum Gasteiger partial charge on any atom is -0.383 e. The van der Waals surface area contributed by atoms with Gasteiger partial charge < -0.3 is 14.6 Å². The number of nitrogens with zero attached hydrogens (tertiary/aromatic N) is 3. The first-order valence-corrected chi connectivity index (χ1v) is 8.74. The summed E-state index contributed by atoms with van der Waals surface area (Å²) in [4.78, 5) is 21.4. The number of fused-ring (bicyclic) bond motifs is 1. The Morgan fingerprint density at radius 1 is 1.23 bits per heavy atom. The van der Waals surface area contributed by atoms with Gasteiger partial charge in [0.2, 0.25) is 5.91 Å². The number of benzene rings is 1. The highest BCUT2D eigenvalue weighted by Crippen LogP contribution is 2.17. The number of methoxy groups -OCH3 is 1.